The molecule has 0 radical (unpaired) electrons. The number of alkyl halides is 3. The Hall–Kier alpha value is -4.21. The molecule has 0 saturated heterocycles. The molecule has 0 aliphatic rings. The lowest BCUT2D eigenvalue weighted by Crippen LogP contribution is -2.17. The first-order valence-electron chi connectivity index (χ1n) is 8.78. The van der Waals surface area contributed by atoms with Crippen molar-refractivity contribution in [3.8, 4) is 0 Å². The van der Waals surface area contributed by atoms with Crippen molar-refractivity contribution in [3.63, 3.8) is 0 Å². The third kappa shape index (κ3) is 5.24. The summed E-state index contributed by atoms with van der Waals surface area (Å²) in [5.41, 5.74) is -0.409. The van der Waals surface area contributed by atoms with Gasteiger partial charge in [0.05, 0.1) is 21.9 Å². The maximum absolute atomic E-state index is 12.7. The Morgan fingerprint density at radius 2 is 1.16 bits per heavy atom. The van der Waals surface area contributed by atoms with Crippen LogP contribution in [0.15, 0.2) is 72.8 Å². The Morgan fingerprint density at radius 1 is 0.742 bits per heavy atom. The molecule has 2 N–H and O–H groups in total. The van der Waals surface area contributed by atoms with Crippen LogP contribution in [0, 0.1) is 10.1 Å². The normalized spacial score (nSPS) is 10.9. The monoisotopic (exact) mass is 429 g/mol. The second-order valence-corrected chi connectivity index (χ2v) is 6.33. The smallest absolute Gasteiger partial charge is 0.320 e. The molecule has 0 fully saturated rings. The van der Waals surface area contributed by atoms with E-state index in [0.717, 1.165) is 24.3 Å². The van der Waals surface area contributed by atoms with E-state index >= 15 is 0 Å². The molecule has 0 atom stereocenters. The highest BCUT2D eigenvalue weighted by Crippen LogP contribution is 2.29. The van der Waals surface area contributed by atoms with Crippen LogP contribution in [0.25, 0.3) is 0 Å². The number of rotatable bonds is 5. The first-order valence-corrected chi connectivity index (χ1v) is 8.78. The summed E-state index contributed by atoms with van der Waals surface area (Å²) in [5.74, 6) is -1.23. The molecule has 0 unspecified atom stereocenters. The first kappa shape index (κ1) is 21.5. The van der Waals surface area contributed by atoms with Gasteiger partial charge in [0.25, 0.3) is 17.5 Å². The van der Waals surface area contributed by atoms with Gasteiger partial charge in [-0.1, -0.05) is 12.1 Å². The molecule has 7 nitrogen and oxygen atoms in total. The van der Waals surface area contributed by atoms with Crippen LogP contribution in [-0.4, -0.2) is 16.7 Å². The van der Waals surface area contributed by atoms with Crippen LogP contribution in [-0.2, 0) is 6.18 Å². The molecule has 0 saturated carbocycles. The number of hydrogen-bond donors (Lipinski definition) is 2. The minimum absolute atomic E-state index is 0.00417. The molecule has 3 aromatic carbocycles. The number of para-hydroxylation sites is 2. The summed E-state index contributed by atoms with van der Waals surface area (Å²) in [6.45, 7) is 0. The number of amides is 2. The van der Waals surface area contributed by atoms with E-state index in [2.05, 4.69) is 10.6 Å². The number of nitro benzene ring substituents is 1. The summed E-state index contributed by atoms with van der Waals surface area (Å²) in [7, 11) is 0. The Kier molecular flexibility index (Phi) is 6.00. The van der Waals surface area contributed by atoms with Crippen LogP contribution in [0.3, 0.4) is 0 Å². The Bertz CT molecular complexity index is 1130. The lowest BCUT2D eigenvalue weighted by atomic mass is 10.1. The highest BCUT2D eigenvalue weighted by atomic mass is 19.4. The summed E-state index contributed by atoms with van der Waals surface area (Å²) >= 11 is 0. The summed E-state index contributed by atoms with van der Waals surface area (Å²) < 4.78 is 38.0. The van der Waals surface area contributed by atoms with Crippen LogP contribution in [0.5, 0.6) is 0 Å². The Morgan fingerprint density at radius 3 is 1.55 bits per heavy atom. The molecule has 2 amide bonds. The van der Waals surface area contributed by atoms with Crippen LogP contribution >= 0.6 is 0 Å². The van der Waals surface area contributed by atoms with Gasteiger partial charge in [0.15, 0.2) is 0 Å². The van der Waals surface area contributed by atoms with Crippen molar-refractivity contribution in [2.75, 3.05) is 10.6 Å². The second kappa shape index (κ2) is 8.66. The maximum atomic E-state index is 12.7. The van der Waals surface area contributed by atoms with Gasteiger partial charge >= 0.3 is 6.18 Å². The number of anilines is 2. The molecule has 0 heterocycles. The van der Waals surface area contributed by atoms with Gasteiger partial charge in [0.1, 0.15) is 0 Å². The molecule has 3 rings (SSSR count). The summed E-state index contributed by atoms with van der Waals surface area (Å²) in [6.07, 6.45) is -4.51. The number of nitrogens with zero attached hydrogens (tertiary/aromatic N) is 1. The number of benzene rings is 3. The summed E-state index contributed by atoms with van der Waals surface area (Å²) in [5, 5.41) is 15.8. The molecule has 31 heavy (non-hydrogen) atoms. The predicted octanol–water partition coefficient (Wildman–Crippen LogP) is 5.12. The van der Waals surface area contributed by atoms with E-state index in [4.69, 9.17) is 0 Å². The molecule has 0 aliphatic heterocycles. The highest BCUT2D eigenvalue weighted by molar-refractivity contribution is 6.10. The fourth-order valence-corrected chi connectivity index (χ4v) is 2.64. The molecule has 0 aromatic heterocycles. The van der Waals surface area contributed by atoms with Crippen LogP contribution in [0.1, 0.15) is 26.3 Å². The van der Waals surface area contributed by atoms with Crippen LogP contribution in [0.2, 0.25) is 0 Å². The quantitative estimate of drug-likeness (QED) is 0.434. The molecular weight excluding hydrogens is 415 g/mol. The SMILES string of the molecule is O=C(Nc1ccccc1NC(=O)c1ccc(C(F)(F)F)cc1)c1ccc([N+](=O)[O-])cc1. The molecule has 0 spiro atoms. The van der Waals surface area contributed by atoms with E-state index in [9.17, 15) is 32.9 Å². The number of non-ortho nitro benzene ring substituents is 1. The number of carbonyl (C=O) groups excluding carboxylic acids is 2. The van der Waals surface area contributed by atoms with Crippen molar-refractivity contribution in [2.24, 2.45) is 0 Å². The van der Waals surface area contributed by atoms with Gasteiger partial charge in [-0.05, 0) is 48.5 Å². The fourth-order valence-electron chi connectivity index (χ4n) is 2.64. The average Bonchev–Trinajstić information content (AvgIpc) is 2.74. The van der Waals surface area contributed by atoms with Gasteiger partial charge in [0.2, 0.25) is 0 Å². The predicted molar refractivity (Wildman–Crippen MR) is 107 cm³/mol. The number of carbonyl (C=O) groups is 2. The minimum atomic E-state index is -4.51. The van der Waals surface area contributed by atoms with E-state index in [-0.39, 0.29) is 28.2 Å². The molecular formula is C21H14F3N3O4. The highest BCUT2D eigenvalue weighted by Gasteiger charge is 2.30. The fraction of sp³-hybridized carbons (Fsp3) is 0.0476. The van der Waals surface area contributed by atoms with Gasteiger partial charge < -0.3 is 10.6 Å². The van der Waals surface area contributed by atoms with Crippen LogP contribution < -0.4 is 10.6 Å². The van der Waals surface area contributed by atoms with Gasteiger partial charge in [-0.25, -0.2) is 0 Å². The molecule has 158 valence electrons. The zero-order valence-electron chi connectivity index (χ0n) is 15.6. The van der Waals surface area contributed by atoms with Crippen molar-refractivity contribution >= 4 is 28.9 Å². The molecule has 10 heteroatoms. The topological polar surface area (TPSA) is 101 Å². The number of hydrogen-bond acceptors (Lipinski definition) is 4. The average molecular weight is 429 g/mol. The second-order valence-electron chi connectivity index (χ2n) is 6.33. The number of halogens is 3. The first-order chi connectivity index (χ1) is 14.6. The van der Waals surface area contributed by atoms with Gasteiger partial charge in [0, 0.05) is 23.3 Å². The van der Waals surface area contributed by atoms with Crippen molar-refractivity contribution in [3.05, 3.63) is 99.6 Å². The van der Waals surface area contributed by atoms with Crippen molar-refractivity contribution in [1.29, 1.82) is 0 Å². The third-order valence-corrected chi connectivity index (χ3v) is 4.24. The van der Waals surface area contributed by atoms with Gasteiger partial charge in [-0.15, -0.1) is 0 Å². The van der Waals surface area contributed by atoms with Gasteiger partial charge in [-0.2, -0.15) is 13.2 Å². The van der Waals surface area contributed by atoms with E-state index in [0.29, 0.717) is 0 Å². The molecule has 0 bridgehead atoms. The zero-order chi connectivity index (χ0) is 22.6. The van der Waals surface area contributed by atoms with Gasteiger partial charge in [-0.3, -0.25) is 19.7 Å². The lowest BCUT2D eigenvalue weighted by Gasteiger charge is -2.13. The van der Waals surface area contributed by atoms with E-state index in [1.54, 1.807) is 12.1 Å². The van der Waals surface area contributed by atoms with E-state index < -0.39 is 28.5 Å². The van der Waals surface area contributed by atoms with E-state index in [1.165, 1.54) is 36.4 Å². The third-order valence-electron chi connectivity index (χ3n) is 4.24. The Labute approximate surface area is 173 Å². The largest absolute Gasteiger partial charge is 0.416 e. The van der Waals surface area contributed by atoms with Crippen LogP contribution in [0.4, 0.5) is 30.2 Å². The van der Waals surface area contributed by atoms with Crippen molar-refractivity contribution in [2.45, 2.75) is 6.18 Å². The van der Waals surface area contributed by atoms with E-state index in [1.807, 2.05) is 0 Å². The minimum Gasteiger partial charge on any atom is -0.320 e. The maximum Gasteiger partial charge on any atom is 0.416 e. The molecule has 0 aliphatic carbocycles. The van der Waals surface area contributed by atoms with Crippen molar-refractivity contribution in [1.82, 2.24) is 0 Å². The zero-order valence-corrected chi connectivity index (χ0v) is 15.6. The summed E-state index contributed by atoms with van der Waals surface area (Å²) in [4.78, 5) is 35.0. The van der Waals surface area contributed by atoms with Crippen molar-refractivity contribution < 1.29 is 27.7 Å². The number of nitro groups is 1. The number of nitrogens with one attached hydrogen (secondary N) is 2. The Balaban J connectivity index is 1.75. The lowest BCUT2D eigenvalue weighted by molar-refractivity contribution is -0.384. The standard InChI is InChI=1S/C21H14F3N3O4/c22-21(23,24)15-9-5-13(6-10-15)19(28)25-17-3-1-2-4-18(17)26-20(29)14-7-11-16(12-8-14)27(30)31/h1-12H,(H,25,28)(H,26,29). The molecule has 3 aromatic rings. The summed E-state index contributed by atoms with van der Waals surface area (Å²) in [6, 6.07) is 14.9.